The second-order valence-electron chi connectivity index (χ2n) is 7.51. The van der Waals surface area contributed by atoms with Crippen molar-refractivity contribution in [1.29, 1.82) is 0 Å². The van der Waals surface area contributed by atoms with Crippen molar-refractivity contribution in [2.24, 2.45) is 5.92 Å². The van der Waals surface area contributed by atoms with Gasteiger partial charge in [0.25, 0.3) is 5.91 Å². The third kappa shape index (κ3) is 4.80. The monoisotopic (exact) mass is 409 g/mol. The van der Waals surface area contributed by atoms with Crippen molar-refractivity contribution < 1.29 is 9.53 Å². The van der Waals surface area contributed by atoms with Gasteiger partial charge in [0.15, 0.2) is 6.61 Å². The topological polar surface area (TPSA) is 54.5 Å². The molecule has 6 heteroatoms. The third-order valence-corrected chi connectivity index (χ3v) is 5.51. The Hall–Kier alpha value is -2.79. The molecule has 0 bridgehead atoms. The van der Waals surface area contributed by atoms with Gasteiger partial charge in [0.2, 0.25) is 0 Å². The van der Waals surface area contributed by atoms with Crippen molar-refractivity contribution in [3.63, 3.8) is 0 Å². The van der Waals surface area contributed by atoms with Crippen LogP contribution in [0.4, 0.5) is 11.5 Å². The molecule has 1 fully saturated rings. The fraction of sp³-hybridized carbons (Fsp3) is 0.304. The summed E-state index contributed by atoms with van der Waals surface area (Å²) in [4.78, 5) is 19.4. The Labute approximate surface area is 175 Å². The molecule has 1 N–H and O–H groups in total. The van der Waals surface area contributed by atoms with E-state index >= 15 is 0 Å². The van der Waals surface area contributed by atoms with Crippen LogP contribution in [0.5, 0.6) is 5.75 Å². The number of fused-ring (bicyclic) bond motifs is 1. The van der Waals surface area contributed by atoms with Gasteiger partial charge >= 0.3 is 0 Å². The summed E-state index contributed by atoms with van der Waals surface area (Å²) >= 11 is 5.87. The zero-order valence-corrected chi connectivity index (χ0v) is 17.2. The molecule has 150 valence electrons. The van der Waals surface area contributed by atoms with Gasteiger partial charge in [0, 0.05) is 29.2 Å². The molecule has 1 aliphatic heterocycles. The first-order chi connectivity index (χ1) is 14.1. The summed E-state index contributed by atoms with van der Waals surface area (Å²) < 4.78 is 5.82. The van der Waals surface area contributed by atoms with Crippen LogP contribution in [0, 0.1) is 5.92 Å². The number of hydrogen-bond acceptors (Lipinski definition) is 4. The Bertz CT molecular complexity index is 999. The first-order valence-electron chi connectivity index (χ1n) is 9.91. The van der Waals surface area contributed by atoms with E-state index in [1.807, 2.05) is 18.2 Å². The number of carbonyl (C=O) groups excluding carboxylic acids is 1. The summed E-state index contributed by atoms with van der Waals surface area (Å²) in [6, 6.07) is 16.9. The lowest BCUT2D eigenvalue weighted by Crippen LogP contribution is -2.33. The number of carbonyl (C=O) groups is 1. The number of amides is 1. The van der Waals surface area contributed by atoms with Crippen molar-refractivity contribution in [2.45, 2.75) is 19.8 Å². The number of nitrogens with zero attached hydrogens (tertiary/aromatic N) is 2. The van der Waals surface area contributed by atoms with Crippen LogP contribution < -0.4 is 15.0 Å². The maximum absolute atomic E-state index is 12.3. The third-order valence-electron chi connectivity index (χ3n) is 5.26. The van der Waals surface area contributed by atoms with Crippen LogP contribution in [-0.2, 0) is 4.79 Å². The molecular formula is C23H24ClN3O2. The lowest BCUT2D eigenvalue weighted by atomic mass is 9.99. The van der Waals surface area contributed by atoms with Crippen LogP contribution >= 0.6 is 11.6 Å². The predicted octanol–water partition coefficient (Wildman–Crippen LogP) is 5.14. The minimum absolute atomic E-state index is 0.0884. The van der Waals surface area contributed by atoms with E-state index < -0.39 is 0 Å². The van der Waals surface area contributed by atoms with E-state index in [1.165, 1.54) is 12.8 Å². The van der Waals surface area contributed by atoms with E-state index in [0.29, 0.717) is 16.5 Å². The van der Waals surface area contributed by atoms with Crippen LogP contribution in [0.1, 0.15) is 19.8 Å². The van der Waals surface area contributed by atoms with Crippen LogP contribution in [0.15, 0.2) is 54.6 Å². The summed E-state index contributed by atoms with van der Waals surface area (Å²) in [5.41, 5.74) is 1.46. The van der Waals surface area contributed by atoms with Gasteiger partial charge in [-0.3, -0.25) is 4.79 Å². The second-order valence-corrected chi connectivity index (χ2v) is 7.95. The van der Waals surface area contributed by atoms with Gasteiger partial charge in [0.1, 0.15) is 17.1 Å². The van der Waals surface area contributed by atoms with Gasteiger partial charge in [0.05, 0.1) is 0 Å². The first-order valence-corrected chi connectivity index (χ1v) is 10.3. The molecule has 0 unspecified atom stereocenters. The molecule has 29 heavy (non-hydrogen) atoms. The van der Waals surface area contributed by atoms with Gasteiger partial charge in [-0.2, -0.15) is 0 Å². The Morgan fingerprint density at radius 3 is 2.66 bits per heavy atom. The zero-order chi connectivity index (χ0) is 20.2. The molecule has 1 saturated heterocycles. The number of piperidine rings is 1. The standard InChI is InChI=1S/C23H24ClN3O2/c1-16-11-13-27(14-12-16)21-10-5-17-3-2-4-20(23(17)26-21)29-15-22(28)25-19-8-6-18(24)7-9-19/h2-10,16H,11-15H2,1H3,(H,25,28). The van der Waals surface area contributed by atoms with Crippen LogP contribution in [-0.4, -0.2) is 30.6 Å². The van der Waals surface area contributed by atoms with Gasteiger partial charge in [-0.1, -0.05) is 30.7 Å². The molecule has 2 heterocycles. The van der Waals surface area contributed by atoms with Crippen molar-refractivity contribution in [2.75, 3.05) is 29.9 Å². The quantitative estimate of drug-likeness (QED) is 0.633. The summed E-state index contributed by atoms with van der Waals surface area (Å²) in [6.45, 7) is 4.25. The normalized spacial score (nSPS) is 14.8. The van der Waals surface area contributed by atoms with Crippen molar-refractivity contribution in [1.82, 2.24) is 4.98 Å². The molecular weight excluding hydrogens is 386 g/mol. The van der Waals surface area contributed by atoms with Crippen LogP contribution in [0.3, 0.4) is 0 Å². The lowest BCUT2D eigenvalue weighted by Gasteiger charge is -2.31. The molecule has 1 amide bonds. The van der Waals surface area contributed by atoms with Gasteiger partial charge in [-0.15, -0.1) is 0 Å². The number of anilines is 2. The fourth-order valence-corrected chi connectivity index (χ4v) is 3.64. The summed E-state index contributed by atoms with van der Waals surface area (Å²) in [5, 5.41) is 4.42. The average Bonchev–Trinajstić information content (AvgIpc) is 2.74. The largest absolute Gasteiger partial charge is 0.481 e. The molecule has 0 aliphatic carbocycles. The van der Waals surface area contributed by atoms with Gasteiger partial charge in [-0.05, 0) is 61.2 Å². The number of pyridine rings is 1. The molecule has 0 radical (unpaired) electrons. The highest BCUT2D eigenvalue weighted by Crippen LogP contribution is 2.28. The molecule has 1 aliphatic rings. The number of hydrogen-bond donors (Lipinski definition) is 1. The van der Waals surface area contributed by atoms with Crippen molar-refractivity contribution >= 4 is 39.9 Å². The fourth-order valence-electron chi connectivity index (χ4n) is 3.51. The van der Waals surface area contributed by atoms with E-state index in [0.717, 1.165) is 35.7 Å². The molecule has 2 aromatic carbocycles. The summed E-state index contributed by atoms with van der Waals surface area (Å²) in [5.74, 6) is 2.11. The highest BCUT2D eigenvalue weighted by molar-refractivity contribution is 6.30. The minimum Gasteiger partial charge on any atom is -0.481 e. The second kappa shape index (κ2) is 8.70. The molecule has 4 rings (SSSR count). The molecule has 0 spiro atoms. The molecule has 0 saturated carbocycles. The van der Waals surface area contributed by atoms with Crippen molar-refractivity contribution in [3.8, 4) is 5.75 Å². The number of halogens is 1. The number of benzene rings is 2. The Balaban J connectivity index is 1.47. The Morgan fingerprint density at radius 2 is 1.90 bits per heavy atom. The number of ether oxygens (including phenoxy) is 1. The molecule has 3 aromatic rings. The highest BCUT2D eigenvalue weighted by Gasteiger charge is 2.18. The zero-order valence-electron chi connectivity index (χ0n) is 16.4. The van der Waals surface area contributed by atoms with E-state index in [9.17, 15) is 4.79 Å². The van der Waals surface area contributed by atoms with E-state index in [2.05, 4.69) is 29.3 Å². The minimum atomic E-state index is -0.231. The summed E-state index contributed by atoms with van der Waals surface area (Å²) in [6.07, 6.45) is 2.37. The Kier molecular flexibility index (Phi) is 5.86. The SMILES string of the molecule is CC1CCN(c2ccc3cccc(OCC(=O)Nc4ccc(Cl)cc4)c3n2)CC1. The first kappa shape index (κ1) is 19.5. The maximum atomic E-state index is 12.3. The number of nitrogens with one attached hydrogen (secondary N) is 1. The highest BCUT2D eigenvalue weighted by atomic mass is 35.5. The molecule has 1 aromatic heterocycles. The van der Waals surface area contributed by atoms with E-state index in [4.69, 9.17) is 21.3 Å². The average molecular weight is 410 g/mol. The van der Waals surface area contributed by atoms with E-state index in [-0.39, 0.29) is 12.5 Å². The maximum Gasteiger partial charge on any atom is 0.262 e. The predicted molar refractivity (Wildman–Crippen MR) is 118 cm³/mol. The van der Waals surface area contributed by atoms with Crippen LogP contribution in [0.25, 0.3) is 10.9 Å². The summed E-state index contributed by atoms with van der Waals surface area (Å²) in [7, 11) is 0. The van der Waals surface area contributed by atoms with Crippen molar-refractivity contribution in [3.05, 3.63) is 59.6 Å². The van der Waals surface area contributed by atoms with Gasteiger partial charge < -0.3 is 15.0 Å². The smallest absolute Gasteiger partial charge is 0.262 e. The number of para-hydroxylation sites is 1. The Morgan fingerprint density at radius 1 is 1.14 bits per heavy atom. The molecule has 5 nitrogen and oxygen atoms in total. The van der Waals surface area contributed by atoms with Gasteiger partial charge in [-0.25, -0.2) is 4.98 Å². The molecule has 0 atom stereocenters. The number of aromatic nitrogens is 1. The van der Waals surface area contributed by atoms with E-state index in [1.54, 1.807) is 24.3 Å². The van der Waals surface area contributed by atoms with Crippen LogP contribution in [0.2, 0.25) is 5.02 Å². The lowest BCUT2D eigenvalue weighted by molar-refractivity contribution is -0.118. The number of rotatable bonds is 5.